The lowest BCUT2D eigenvalue weighted by Crippen LogP contribution is -2.41. The lowest BCUT2D eigenvalue weighted by atomic mass is 10.1. The van der Waals surface area contributed by atoms with Crippen LogP contribution in [-0.2, 0) is 14.3 Å². The summed E-state index contributed by atoms with van der Waals surface area (Å²) in [6, 6.07) is -0.351. The summed E-state index contributed by atoms with van der Waals surface area (Å²) in [5, 5.41) is 0. The largest absolute Gasteiger partial charge is 0.461 e. The minimum Gasteiger partial charge on any atom is -0.461 e. The molecule has 0 radical (unpaired) electrons. The van der Waals surface area contributed by atoms with Crippen molar-refractivity contribution in [3.63, 3.8) is 0 Å². The van der Waals surface area contributed by atoms with Gasteiger partial charge in [-0.25, -0.2) is 4.79 Å². The Kier molecular flexibility index (Phi) is 6.89. The van der Waals surface area contributed by atoms with Crippen LogP contribution in [0.1, 0.15) is 65.7 Å². The van der Waals surface area contributed by atoms with Crippen molar-refractivity contribution in [1.82, 2.24) is 4.90 Å². The van der Waals surface area contributed by atoms with Crippen molar-refractivity contribution in [3.8, 4) is 0 Å². The number of likely N-dealkylation sites (tertiary alicyclic amines) is 1. The first-order valence-electron chi connectivity index (χ1n) is 7.54. The molecule has 1 aliphatic heterocycles. The Labute approximate surface area is 116 Å². The van der Waals surface area contributed by atoms with Gasteiger partial charge < -0.3 is 9.64 Å². The summed E-state index contributed by atoms with van der Waals surface area (Å²) in [4.78, 5) is 25.1. The van der Waals surface area contributed by atoms with E-state index in [4.69, 9.17) is 4.74 Å². The average molecular weight is 269 g/mol. The Bertz CT molecular complexity index is 304. The van der Waals surface area contributed by atoms with Gasteiger partial charge in [0, 0.05) is 13.5 Å². The number of carbonyl (C=O) groups excluding carboxylic acids is 2. The van der Waals surface area contributed by atoms with Gasteiger partial charge in [-0.05, 0) is 32.6 Å². The predicted octanol–water partition coefficient (Wildman–Crippen LogP) is 2.90. The molecule has 0 aromatic heterocycles. The summed E-state index contributed by atoms with van der Waals surface area (Å²) in [6.07, 6.45) is 7.25. The van der Waals surface area contributed by atoms with Crippen molar-refractivity contribution >= 4 is 11.9 Å². The molecular weight excluding hydrogens is 242 g/mol. The molecule has 1 amide bonds. The molecule has 1 rings (SSSR count). The van der Waals surface area contributed by atoms with Crippen molar-refractivity contribution in [2.75, 3.05) is 6.54 Å². The van der Waals surface area contributed by atoms with E-state index in [2.05, 4.69) is 6.92 Å². The number of rotatable bonds is 7. The number of amides is 1. The van der Waals surface area contributed by atoms with Gasteiger partial charge in [0.15, 0.2) is 0 Å². The first-order chi connectivity index (χ1) is 9.06. The number of carbonyl (C=O) groups is 2. The molecule has 110 valence electrons. The maximum absolute atomic E-state index is 12.0. The highest BCUT2D eigenvalue weighted by Gasteiger charge is 2.34. The maximum Gasteiger partial charge on any atom is 0.329 e. The van der Waals surface area contributed by atoms with Crippen LogP contribution in [0, 0.1) is 0 Å². The van der Waals surface area contributed by atoms with Crippen molar-refractivity contribution in [2.45, 2.75) is 77.9 Å². The Hall–Kier alpha value is -1.06. The van der Waals surface area contributed by atoms with Crippen molar-refractivity contribution in [1.29, 1.82) is 0 Å². The van der Waals surface area contributed by atoms with Crippen LogP contribution in [0.15, 0.2) is 0 Å². The summed E-state index contributed by atoms with van der Waals surface area (Å²) >= 11 is 0. The van der Waals surface area contributed by atoms with Crippen molar-refractivity contribution in [2.24, 2.45) is 0 Å². The third kappa shape index (κ3) is 5.21. The van der Waals surface area contributed by atoms with E-state index < -0.39 is 0 Å². The van der Waals surface area contributed by atoms with Gasteiger partial charge >= 0.3 is 5.97 Å². The van der Waals surface area contributed by atoms with Gasteiger partial charge in [0.2, 0.25) is 5.91 Å². The Morgan fingerprint density at radius 1 is 1.32 bits per heavy atom. The van der Waals surface area contributed by atoms with E-state index in [1.54, 1.807) is 4.90 Å². The molecule has 0 bridgehead atoms. The van der Waals surface area contributed by atoms with Crippen molar-refractivity contribution < 1.29 is 14.3 Å². The highest BCUT2D eigenvalue weighted by atomic mass is 16.5. The number of unbranched alkanes of at least 4 members (excludes halogenated alkanes) is 3. The van der Waals surface area contributed by atoms with Crippen LogP contribution in [0.5, 0.6) is 0 Å². The topological polar surface area (TPSA) is 46.6 Å². The van der Waals surface area contributed by atoms with Gasteiger partial charge in [0.1, 0.15) is 6.04 Å². The third-order valence-electron chi connectivity index (χ3n) is 3.71. The van der Waals surface area contributed by atoms with E-state index in [1.807, 2.05) is 6.92 Å². The van der Waals surface area contributed by atoms with E-state index >= 15 is 0 Å². The van der Waals surface area contributed by atoms with Crippen LogP contribution in [0.2, 0.25) is 0 Å². The molecule has 0 N–H and O–H groups in total. The number of hydrogen-bond acceptors (Lipinski definition) is 3. The lowest BCUT2D eigenvalue weighted by Gasteiger charge is -2.23. The van der Waals surface area contributed by atoms with E-state index in [9.17, 15) is 9.59 Å². The Morgan fingerprint density at radius 3 is 2.68 bits per heavy atom. The second kappa shape index (κ2) is 8.18. The minimum atomic E-state index is -0.351. The number of nitrogens with zero attached hydrogens (tertiary/aromatic N) is 1. The molecule has 2 atom stereocenters. The zero-order valence-corrected chi connectivity index (χ0v) is 12.5. The molecule has 4 nitrogen and oxygen atoms in total. The highest BCUT2D eigenvalue weighted by molar-refractivity contribution is 5.84. The molecule has 1 aliphatic rings. The van der Waals surface area contributed by atoms with Crippen molar-refractivity contribution in [3.05, 3.63) is 0 Å². The van der Waals surface area contributed by atoms with Gasteiger partial charge in [-0.3, -0.25) is 4.79 Å². The normalized spacial score (nSPS) is 20.4. The average Bonchev–Trinajstić information content (AvgIpc) is 2.84. The van der Waals surface area contributed by atoms with Gasteiger partial charge in [0.25, 0.3) is 0 Å². The van der Waals surface area contributed by atoms with Crippen LogP contribution < -0.4 is 0 Å². The summed E-state index contributed by atoms with van der Waals surface area (Å²) < 4.78 is 5.46. The second-order valence-corrected chi connectivity index (χ2v) is 5.47. The van der Waals surface area contributed by atoms with E-state index in [1.165, 1.54) is 26.2 Å². The van der Waals surface area contributed by atoms with E-state index in [-0.39, 0.29) is 24.0 Å². The molecule has 1 heterocycles. The number of ether oxygens (including phenoxy) is 1. The summed E-state index contributed by atoms with van der Waals surface area (Å²) in [5.41, 5.74) is 0. The Balaban J connectivity index is 2.31. The Morgan fingerprint density at radius 2 is 2.05 bits per heavy atom. The van der Waals surface area contributed by atoms with Gasteiger partial charge in [-0.15, -0.1) is 0 Å². The molecule has 19 heavy (non-hydrogen) atoms. The molecular formula is C15H27NO3. The third-order valence-corrected chi connectivity index (χ3v) is 3.71. The van der Waals surface area contributed by atoms with E-state index in [0.717, 1.165) is 25.7 Å². The van der Waals surface area contributed by atoms with Gasteiger partial charge in [0.05, 0.1) is 6.10 Å². The van der Waals surface area contributed by atoms with Gasteiger partial charge in [-0.2, -0.15) is 0 Å². The fourth-order valence-electron chi connectivity index (χ4n) is 2.58. The molecule has 0 aromatic rings. The fraction of sp³-hybridized carbons (Fsp3) is 0.867. The lowest BCUT2D eigenvalue weighted by molar-refractivity contribution is -0.157. The molecule has 1 fully saturated rings. The predicted molar refractivity (Wildman–Crippen MR) is 74.7 cm³/mol. The minimum absolute atomic E-state index is 0.0324. The highest BCUT2D eigenvalue weighted by Crippen LogP contribution is 2.19. The quantitative estimate of drug-likeness (QED) is 0.527. The summed E-state index contributed by atoms with van der Waals surface area (Å²) in [6.45, 7) is 6.32. The summed E-state index contributed by atoms with van der Waals surface area (Å²) in [7, 11) is 0. The molecule has 1 saturated heterocycles. The number of hydrogen-bond donors (Lipinski definition) is 0. The second-order valence-electron chi connectivity index (χ2n) is 5.47. The number of esters is 1. The molecule has 4 heteroatoms. The van der Waals surface area contributed by atoms with Crippen LogP contribution in [0.25, 0.3) is 0 Å². The van der Waals surface area contributed by atoms with Crippen LogP contribution >= 0.6 is 0 Å². The molecule has 0 aromatic carbocycles. The van der Waals surface area contributed by atoms with Crippen LogP contribution in [-0.4, -0.2) is 35.5 Å². The SMILES string of the molecule is CCCCCCC(C)OC(=O)[C@@H]1CCCN1C(C)=O. The maximum atomic E-state index is 12.0. The fourth-order valence-corrected chi connectivity index (χ4v) is 2.58. The van der Waals surface area contributed by atoms with E-state index in [0.29, 0.717) is 6.54 Å². The zero-order chi connectivity index (χ0) is 14.3. The molecule has 0 spiro atoms. The standard InChI is InChI=1S/C15H27NO3/c1-4-5-6-7-9-12(2)19-15(18)14-10-8-11-16(14)13(3)17/h12,14H,4-11H2,1-3H3/t12?,14-/m0/s1. The van der Waals surface area contributed by atoms with Crippen LogP contribution in [0.4, 0.5) is 0 Å². The first kappa shape index (κ1) is 16.0. The molecule has 1 unspecified atom stereocenters. The zero-order valence-electron chi connectivity index (χ0n) is 12.5. The molecule has 0 saturated carbocycles. The van der Waals surface area contributed by atoms with Crippen LogP contribution in [0.3, 0.4) is 0 Å². The van der Waals surface area contributed by atoms with Gasteiger partial charge in [-0.1, -0.05) is 26.2 Å². The first-order valence-corrected chi connectivity index (χ1v) is 7.54. The monoisotopic (exact) mass is 269 g/mol. The smallest absolute Gasteiger partial charge is 0.329 e. The summed E-state index contributed by atoms with van der Waals surface area (Å²) in [5.74, 6) is -0.259. The molecule has 0 aliphatic carbocycles.